The molecular formula is C20H26O11. The third kappa shape index (κ3) is 1.69. The maximum atomic E-state index is 13.3. The smallest absolute Gasteiger partial charge is 0.342 e. The Morgan fingerprint density at radius 2 is 1.77 bits per heavy atom. The van der Waals surface area contributed by atoms with Crippen LogP contribution in [0.3, 0.4) is 0 Å². The summed E-state index contributed by atoms with van der Waals surface area (Å²) in [5.41, 5.74) is -9.47. The summed E-state index contributed by atoms with van der Waals surface area (Å²) in [6.07, 6.45) is -8.37. The second-order valence-electron chi connectivity index (χ2n) is 10.6. The van der Waals surface area contributed by atoms with Crippen LogP contribution in [0.25, 0.3) is 0 Å². The van der Waals surface area contributed by atoms with Gasteiger partial charge in [0.05, 0.1) is 29.0 Å². The molecule has 3 saturated heterocycles. The van der Waals surface area contributed by atoms with Gasteiger partial charge in [-0.15, -0.1) is 0 Å². The van der Waals surface area contributed by atoms with Crippen molar-refractivity contribution in [1.82, 2.24) is 0 Å². The van der Waals surface area contributed by atoms with Crippen LogP contribution in [0.4, 0.5) is 0 Å². The molecule has 31 heavy (non-hydrogen) atoms. The largest absolute Gasteiger partial charge is 0.481 e. The second kappa shape index (κ2) is 5.40. The number of esters is 2. The van der Waals surface area contributed by atoms with Crippen LogP contribution in [0.5, 0.6) is 0 Å². The minimum Gasteiger partial charge on any atom is -0.481 e. The van der Waals surface area contributed by atoms with Crippen LogP contribution in [-0.2, 0) is 28.6 Å². The zero-order chi connectivity index (χ0) is 23.1. The number of carboxylic acids is 1. The zero-order valence-electron chi connectivity index (χ0n) is 17.4. The van der Waals surface area contributed by atoms with Gasteiger partial charge in [0.2, 0.25) is 11.9 Å². The Morgan fingerprint density at radius 1 is 1.16 bits per heavy atom. The van der Waals surface area contributed by atoms with Crippen molar-refractivity contribution in [3.05, 3.63) is 0 Å². The lowest BCUT2D eigenvalue weighted by atomic mass is 9.51. The van der Waals surface area contributed by atoms with Crippen molar-refractivity contribution < 1.29 is 54.1 Å². The maximum Gasteiger partial charge on any atom is 0.342 e. The molecule has 0 aromatic heterocycles. The van der Waals surface area contributed by atoms with Gasteiger partial charge in [-0.3, -0.25) is 4.79 Å². The Bertz CT molecular complexity index is 911. The fourth-order valence-corrected chi connectivity index (χ4v) is 7.88. The fourth-order valence-electron chi connectivity index (χ4n) is 7.88. The predicted molar refractivity (Wildman–Crippen MR) is 95.8 cm³/mol. The first-order valence-electron chi connectivity index (χ1n) is 10.3. The average Bonchev–Trinajstić information content (AvgIpc) is 3.27. The second-order valence-corrected chi connectivity index (χ2v) is 10.6. The van der Waals surface area contributed by atoms with E-state index in [1.54, 1.807) is 20.8 Å². The van der Waals surface area contributed by atoms with Crippen molar-refractivity contribution in [1.29, 1.82) is 0 Å². The van der Waals surface area contributed by atoms with Gasteiger partial charge in [-0.05, 0) is 18.8 Å². The fraction of sp³-hybridized carbons (Fsp3) is 0.850. The summed E-state index contributed by atoms with van der Waals surface area (Å²) in [4.78, 5) is 37.7. The van der Waals surface area contributed by atoms with Crippen molar-refractivity contribution in [2.75, 3.05) is 0 Å². The first kappa shape index (κ1) is 21.1. The summed E-state index contributed by atoms with van der Waals surface area (Å²) in [6, 6.07) is 0. The molecule has 0 aromatic carbocycles. The Morgan fingerprint density at radius 3 is 2.32 bits per heavy atom. The Labute approximate surface area is 176 Å². The standard InChI is InChI=1S/C20H26O11/c1-6(12(24)25)19(28)7(21)5-17-11-8(22)9(16(2,3)4)18(17)10(23)13(26)30-15(18)31-20(17,19)14(27)29-11/h6-11,15,21-23,28H,5H2,1-4H3,(H,24,25)/t6-,7+,8-,9?,10+,11+,15+,17-,18?,19-,20-/m1/s1. The van der Waals surface area contributed by atoms with Gasteiger partial charge in [0, 0.05) is 5.92 Å². The summed E-state index contributed by atoms with van der Waals surface area (Å²) < 4.78 is 16.8. The van der Waals surface area contributed by atoms with Gasteiger partial charge >= 0.3 is 17.9 Å². The first-order valence-corrected chi connectivity index (χ1v) is 10.3. The minimum absolute atomic E-state index is 0.439. The highest BCUT2D eigenvalue weighted by Gasteiger charge is 3.01. The normalized spacial score (nSPS) is 55.5. The number of aliphatic hydroxyl groups is 4. The maximum absolute atomic E-state index is 13.3. The van der Waals surface area contributed by atoms with E-state index >= 15 is 0 Å². The lowest BCUT2D eigenvalue weighted by Gasteiger charge is -2.46. The number of hydrogen-bond donors (Lipinski definition) is 5. The molecule has 0 radical (unpaired) electrons. The van der Waals surface area contributed by atoms with Gasteiger partial charge in [0.15, 0.2) is 6.10 Å². The van der Waals surface area contributed by atoms with E-state index in [1.807, 2.05) is 0 Å². The van der Waals surface area contributed by atoms with E-state index in [0.717, 1.165) is 6.92 Å². The van der Waals surface area contributed by atoms with Crippen molar-refractivity contribution >= 4 is 17.9 Å². The molecule has 0 amide bonds. The molecule has 0 aromatic rings. The van der Waals surface area contributed by atoms with E-state index < -0.39 is 94.3 Å². The van der Waals surface area contributed by atoms with Gasteiger partial charge in [0.25, 0.3) is 0 Å². The average molecular weight is 442 g/mol. The highest BCUT2D eigenvalue weighted by Crippen LogP contribution is 2.83. The molecule has 11 heteroatoms. The number of aliphatic carboxylic acids is 1. The minimum atomic E-state index is -2.67. The highest BCUT2D eigenvalue weighted by atomic mass is 16.8. The summed E-state index contributed by atoms with van der Waals surface area (Å²) in [6.45, 7) is 6.41. The van der Waals surface area contributed by atoms with E-state index in [2.05, 4.69) is 0 Å². The lowest BCUT2D eigenvalue weighted by molar-refractivity contribution is -0.253. The van der Waals surface area contributed by atoms with E-state index in [1.165, 1.54) is 0 Å². The molecule has 5 fully saturated rings. The highest BCUT2D eigenvalue weighted by molar-refractivity contribution is 5.92. The Balaban J connectivity index is 1.88. The number of carbonyl (C=O) groups is 3. The summed E-state index contributed by atoms with van der Waals surface area (Å²) >= 11 is 0. The van der Waals surface area contributed by atoms with Crippen LogP contribution in [0, 0.1) is 28.1 Å². The molecule has 3 heterocycles. The van der Waals surface area contributed by atoms with Gasteiger partial charge in [-0.2, -0.15) is 0 Å². The summed E-state index contributed by atoms with van der Waals surface area (Å²) in [5, 5.41) is 54.8. The van der Waals surface area contributed by atoms with Gasteiger partial charge in [0.1, 0.15) is 11.7 Å². The number of rotatable bonds is 2. The van der Waals surface area contributed by atoms with Crippen LogP contribution < -0.4 is 0 Å². The molecule has 5 aliphatic rings. The molecule has 2 unspecified atom stereocenters. The van der Waals surface area contributed by atoms with Gasteiger partial charge in [-0.1, -0.05) is 20.8 Å². The molecule has 11 nitrogen and oxygen atoms in total. The quantitative estimate of drug-likeness (QED) is 0.303. The van der Waals surface area contributed by atoms with E-state index in [-0.39, 0.29) is 0 Å². The molecule has 5 rings (SSSR count). The number of aliphatic hydroxyl groups excluding tert-OH is 3. The Kier molecular flexibility index (Phi) is 3.67. The molecular weight excluding hydrogens is 416 g/mol. The van der Waals surface area contributed by atoms with Gasteiger partial charge in [-0.25, -0.2) is 9.59 Å². The predicted octanol–water partition coefficient (Wildman–Crippen LogP) is -1.85. The number of carbonyl (C=O) groups excluding carboxylic acids is 2. The lowest BCUT2D eigenvalue weighted by Crippen LogP contribution is -2.68. The number of carboxylic acid groups (broad SMARTS) is 1. The monoisotopic (exact) mass is 442 g/mol. The van der Waals surface area contributed by atoms with Crippen LogP contribution in [0.2, 0.25) is 0 Å². The molecule has 5 N–H and O–H groups in total. The van der Waals surface area contributed by atoms with Crippen LogP contribution in [0.1, 0.15) is 34.1 Å². The van der Waals surface area contributed by atoms with Crippen molar-refractivity contribution in [3.63, 3.8) is 0 Å². The third-order valence-electron chi connectivity index (χ3n) is 8.70. The van der Waals surface area contributed by atoms with Crippen LogP contribution in [0.15, 0.2) is 0 Å². The summed E-state index contributed by atoms with van der Waals surface area (Å²) in [7, 11) is 0. The molecule has 172 valence electrons. The molecule has 3 aliphatic heterocycles. The molecule has 2 aliphatic carbocycles. The Hall–Kier alpha value is -1.79. The summed E-state index contributed by atoms with van der Waals surface area (Å²) in [5.74, 6) is -6.29. The van der Waals surface area contributed by atoms with E-state index in [4.69, 9.17) is 14.2 Å². The van der Waals surface area contributed by atoms with Crippen LogP contribution >= 0.6 is 0 Å². The zero-order valence-corrected chi connectivity index (χ0v) is 17.4. The van der Waals surface area contributed by atoms with Crippen molar-refractivity contribution in [2.24, 2.45) is 28.1 Å². The number of ether oxygens (including phenoxy) is 3. The van der Waals surface area contributed by atoms with Crippen LogP contribution in [-0.4, -0.2) is 85.3 Å². The SMILES string of the molecule is C[C@H](C(=O)O)[C@@]1(O)[C@@H](O)C[C@]23[C@H]4OC(=O)[C@]12O[C@@H]1OC(=O)[C@H](O)C13C(C(C)(C)C)[C@H]4O. The molecule has 0 bridgehead atoms. The van der Waals surface area contributed by atoms with Gasteiger partial charge < -0.3 is 39.7 Å². The van der Waals surface area contributed by atoms with E-state index in [0.29, 0.717) is 0 Å². The molecule has 11 atom stereocenters. The number of hydrogen-bond acceptors (Lipinski definition) is 10. The van der Waals surface area contributed by atoms with E-state index in [9.17, 15) is 39.9 Å². The third-order valence-corrected chi connectivity index (χ3v) is 8.70. The molecule has 2 saturated carbocycles. The van der Waals surface area contributed by atoms with Crippen molar-refractivity contribution in [2.45, 2.75) is 76.0 Å². The topological polar surface area (TPSA) is 180 Å². The van der Waals surface area contributed by atoms with Crippen molar-refractivity contribution in [3.8, 4) is 0 Å². The first-order chi connectivity index (χ1) is 14.2. The molecule has 2 spiro atoms.